The number of ether oxygens (including phenoxy) is 1. The molecule has 0 heterocycles. The molecule has 0 aliphatic heterocycles. The molecule has 0 spiro atoms. The number of rotatable bonds is 5. The van der Waals surface area contributed by atoms with Crippen molar-refractivity contribution in [2.45, 2.75) is 19.8 Å². The molecule has 1 N–H and O–H groups in total. The topological polar surface area (TPSA) is 46.5 Å². The van der Waals surface area contributed by atoms with Gasteiger partial charge in [0.1, 0.15) is 11.3 Å². The maximum Gasteiger partial charge on any atom is 0.341 e. The molecule has 3 nitrogen and oxygen atoms in total. The number of halogens is 1. The molecule has 1 rings (SSSR count). The Morgan fingerprint density at radius 2 is 2.27 bits per heavy atom. The second-order valence-corrected chi connectivity index (χ2v) is 3.53. The molecule has 4 heteroatoms. The van der Waals surface area contributed by atoms with E-state index >= 15 is 0 Å². The van der Waals surface area contributed by atoms with E-state index in [1.807, 2.05) is 6.92 Å². The summed E-state index contributed by atoms with van der Waals surface area (Å²) in [5, 5.41) is 9.14. The highest BCUT2D eigenvalue weighted by Crippen LogP contribution is 2.26. The van der Waals surface area contributed by atoms with Crippen LogP contribution in [0.15, 0.2) is 18.2 Å². The van der Waals surface area contributed by atoms with Crippen LogP contribution in [0.25, 0.3) is 0 Å². The number of hydrogen-bond donors (Lipinski definition) is 1. The van der Waals surface area contributed by atoms with Crippen LogP contribution in [0.2, 0.25) is 5.02 Å². The van der Waals surface area contributed by atoms with Crippen LogP contribution < -0.4 is 4.74 Å². The van der Waals surface area contributed by atoms with Gasteiger partial charge in [-0.15, -0.1) is 0 Å². The van der Waals surface area contributed by atoms with Crippen molar-refractivity contribution in [2.75, 3.05) is 6.61 Å². The second kappa shape index (κ2) is 5.61. The quantitative estimate of drug-likeness (QED) is 0.788. The average molecular weight is 229 g/mol. The Labute approximate surface area is 93.6 Å². The molecule has 0 fully saturated rings. The Morgan fingerprint density at radius 3 is 2.87 bits per heavy atom. The molecular weight excluding hydrogens is 216 g/mol. The summed E-state index contributed by atoms with van der Waals surface area (Å²) < 4.78 is 5.35. The number of benzene rings is 1. The summed E-state index contributed by atoms with van der Waals surface area (Å²) in [4.78, 5) is 10.9. The number of carbonyl (C=O) groups is 1. The van der Waals surface area contributed by atoms with E-state index in [0.717, 1.165) is 12.8 Å². The van der Waals surface area contributed by atoms with Gasteiger partial charge >= 0.3 is 5.97 Å². The maximum atomic E-state index is 10.9. The second-order valence-electron chi connectivity index (χ2n) is 3.12. The Bertz CT molecular complexity index is 350. The molecule has 1 aromatic carbocycles. The van der Waals surface area contributed by atoms with Crippen LogP contribution in [0.1, 0.15) is 30.1 Å². The molecule has 0 amide bonds. The van der Waals surface area contributed by atoms with Crippen LogP contribution in [-0.4, -0.2) is 17.7 Å². The predicted molar refractivity (Wildman–Crippen MR) is 58.8 cm³/mol. The Morgan fingerprint density at radius 1 is 1.53 bits per heavy atom. The van der Waals surface area contributed by atoms with Crippen LogP contribution in [-0.2, 0) is 0 Å². The van der Waals surface area contributed by atoms with E-state index in [4.69, 9.17) is 21.4 Å². The summed E-state index contributed by atoms with van der Waals surface area (Å²) in [5.74, 6) is -0.726. The highest BCUT2D eigenvalue weighted by atomic mass is 35.5. The van der Waals surface area contributed by atoms with Crippen LogP contribution >= 0.6 is 11.6 Å². The average Bonchev–Trinajstić information content (AvgIpc) is 2.17. The van der Waals surface area contributed by atoms with Crippen LogP contribution in [0.3, 0.4) is 0 Å². The van der Waals surface area contributed by atoms with E-state index in [9.17, 15) is 4.79 Å². The predicted octanol–water partition coefficient (Wildman–Crippen LogP) is 3.22. The van der Waals surface area contributed by atoms with E-state index in [-0.39, 0.29) is 10.6 Å². The van der Waals surface area contributed by atoms with Crippen LogP contribution in [0.5, 0.6) is 5.75 Å². The number of carboxylic acids is 1. The lowest BCUT2D eigenvalue weighted by Gasteiger charge is -2.09. The Hall–Kier alpha value is -1.22. The van der Waals surface area contributed by atoms with Gasteiger partial charge in [-0.3, -0.25) is 0 Å². The van der Waals surface area contributed by atoms with E-state index in [1.54, 1.807) is 12.1 Å². The van der Waals surface area contributed by atoms with Gasteiger partial charge in [0.2, 0.25) is 0 Å². The zero-order chi connectivity index (χ0) is 11.3. The fourth-order valence-corrected chi connectivity index (χ4v) is 1.41. The fourth-order valence-electron chi connectivity index (χ4n) is 1.16. The van der Waals surface area contributed by atoms with Crippen LogP contribution in [0.4, 0.5) is 0 Å². The van der Waals surface area contributed by atoms with Crippen molar-refractivity contribution in [3.63, 3.8) is 0 Å². The summed E-state index contributed by atoms with van der Waals surface area (Å²) in [6.45, 7) is 2.55. The summed E-state index contributed by atoms with van der Waals surface area (Å²) in [5.41, 5.74) is 0.0373. The summed E-state index contributed by atoms with van der Waals surface area (Å²) >= 11 is 5.78. The number of carboxylic acid groups (broad SMARTS) is 1. The normalized spacial score (nSPS) is 10.0. The minimum absolute atomic E-state index is 0.0373. The van der Waals surface area contributed by atoms with E-state index in [1.165, 1.54) is 6.07 Å². The molecule has 0 saturated carbocycles. The van der Waals surface area contributed by atoms with Gasteiger partial charge in [-0.1, -0.05) is 31.0 Å². The molecule has 15 heavy (non-hydrogen) atoms. The molecule has 0 bridgehead atoms. The van der Waals surface area contributed by atoms with Crippen molar-refractivity contribution >= 4 is 17.6 Å². The Balaban J connectivity index is 2.86. The minimum Gasteiger partial charge on any atom is -0.493 e. The smallest absolute Gasteiger partial charge is 0.341 e. The molecule has 0 atom stereocenters. The highest BCUT2D eigenvalue weighted by molar-refractivity contribution is 6.33. The van der Waals surface area contributed by atoms with Gasteiger partial charge in [0, 0.05) is 0 Å². The zero-order valence-electron chi connectivity index (χ0n) is 8.50. The Kier molecular flexibility index (Phi) is 4.43. The zero-order valence-corrected chi connectivity index (χ0v) is 9.25. The molecule has 82 valence electrons. The van der Waals surface area contributed by atoms with Gasteiger partial charge in [-0.25, -0.2) is 4.79 Å². The molecule has 0 radical (unpaired) electrons. The molecule has 0 aliphatic carbocycles. The van der Waals surface area contributed by atoms with Crippen molar-refractivity contribution in [1.29, 1.82) is 0 Å². The maximum absolute atomic E-state index is 10.9. The first-order chi connectivity index (χ1) is 7.16. The van der Waals surface area contributed by atoms with Crippen molar-refractivity contribution < 1.29 is 14.6 Å². The van der Waals surface area contributed by atoms with Crippen molar-refractivity contribution in [3.8, 4) is 5.75 Å². The lowest BCUT2D eigenvalue weighted by molar-refractivity contribution is 0.0692. The summed E-state index contributed by atoms with van der Waals surface area (Å²) in [6.07, 6.45) is 1.90. The van der Waals surface area contributed by atoms with Crippen LogP contribution in [0, 0.1) is 0 Å². The first kappa shape index (κ1) is 11.9. The van der Waals surface area contributed by atoms with Crippen molar-refractivity contribution in [1.82, 2.24) is 0 Å². The molecular formula is C11H13ClO3. The first-order valence-corrected chi connectivity index (χ1v) is 5.19. The van der Waals surface area contributed by atoms with Gasteiger partial charge in [0.15, 0.2) is 0 Å². The van der Waals surface area contributed by atoms with Crippen molar-refractivity contribution in [2.24, 2.45) is 0 Å². The number of aromatic carboxylic acids is 1. The number of hydrogen-bond acceptors (Lipinski definition) is 2. The third-order valence-corrected chi connectivity index (χ3v) is 2.26. The van der Waals surface area contributed by atoms with E-state index in [2.05, 4.69) is 0 Å². The lowest BCUT2D eigenvalue weighted by Crippen LogP contribution is -2.04. The molecule has 1 aromatic rings. The van der Waals surface area contributed by atoms with Gasteiger partial charge in [-0.2, -0.15) is 0 Å². The highest BCUT2D eigenvalue weighted by Gasteiger charge is 2.14. The van der Waals surface area contributed by atoms with Gasteiger partial charge < -0.3 is 9.84 Å². The lowest BCUT2D eigenvalue weighted by atomic mass is 10.2. The molecule has 0 saturated heterocycles. The standard InChI is InChI=1S/C11H13ClO3/c1-2-3-7-15-9-6-4-5-8(12)10(9)11(13)14/h4-6H,2-3,7H2,1H3,(H,13,14). The van der Waals surface area contributed by atoms with Gasteiger partial charge in [0.25, 0.3) is 0 Å². The van der Waals surface area contributed by atoms with Gasteiger partial charge in [-0.05, 0) is 18.6 Å². The van der Waals surface area contributed by atoms with Gasteiger partial charge in [0.05, 0.1) is 11.6 Å². The van der Waals surface area contributed by atoms with E-state index in [0.29, 0.717) is 12.4 Å². The third-order valence-electron chi connectivity index (χ3n) is 1.94. The SMILES string of the molecule is CCCCOc1cccc(Cl)c1C(=O)O. The molecule has 0 aliphatic rings. The molecule has 0 aromatic heterocycles. The summed E-state index contributed by atoms with van der Waals surface area (Å²) in [6, 6.07) is 4.83. The summed E-state index contributed by atoms with van der Waals surface area (Å²) in [7, 11) is 0. The monoisotopic (exact) mass is 228 g/mol. The number of unbranched alkanes of at least 4 members (excludes halogenated alkanes) is 1. The fraction of sp³-hybridized carbons (Fsp3) is 0.364. The third kappa shape index (κ3) is 3.13. The van der Waals surface area contributed by atoms with Crippen molar-refractivity contribution in [3.05, 3.63) is 28.8 Å². The first-order valence-electron chi connectivity index (χ1n) is 4.81. The largest absolute Gasteiger partial charge is 0.493 e. The van der Waals surface area contributed by atoms with E-state index < -0.39 is 5.97 Å². The molecule has 0 unspecified atom stereocenters. The minimum atomic E-state index is -1.06.